The molecular formula is C31H41NO3Si. The van der Waals surface area contributed by atoms with Crippen molar-refractivity contribution in [2.24, 2.45) is 0 Å². The van der Waals surface area contributed by atoms with E-state index in [1.807, 2.05) is 31.2 Å². The van der Waals surface area contributed by atoms with Crippen molar-refractivity contribution in [1.29, 1.82) is 0 Å². The average Bonchev–Trinajstić information content (AvgIpc) is 2.88. The van der Waals surface area contributed by atoms with Crippen LogP contribution in [0.25, 0.3) is 0 Å². The summed E-state index contributed by atoms with van der Waals surface area (Å²) < 4.78 is 12.3. The third-order valence-electron chi connectivity index (χ3n) is 6.59. The van der Waals surface area contributed by atoms with Gasteiger partial charge in [0.25, 0.3) is 8.32 Å². The molecule has 0 unspecified atom stereocenters. The lowest BCUT2D eigenvalue weighted by molar-refractivity contribution is 0.0526. The Morgan fingerprint density at radius 3 is 1.89 bits per heavy atom. The minimum atomic E-state index is -2.60. The van der Waals surface area contributed by atoms with Gasteiger partial charge in [0.05, 0.1) is 18.8 Å². The number of nitrogens with one attached hydrogen (secondary N) is 1. The zero-order valence-corrected chi connectivity index (χ0v) is 23.4. The van der Waals surface area contributed by atoms with Crippen LogP contribution in [0.1, 0.15) is 64.2 Å². The summed E-state index contributed by atoms with van der Waals surface area (Å²) in [6.45, 7) is 11.9. The fourth-order valence-electron chi connectivity index (χ4n) is 4.79. The van der Waals surface area contributed by atoms with E-state index in [0.29, 0.717) is 18.8 Å². The van der Waals surface area contributed by atoms with E-state index in [-0.39, 0.29) is 17.0 Å². The molecule has 0 aliphatic rings. The summed E-state index contributed by atoms with van der Waals surface area (Å²) in [5, 5.41) is 6.20. The van der Waals surface area contributed by atoms with Crippen LogP contribution in [0.5, 0.6) is 0 Å². The van der Waals surface area contributed by atoms with Gasteiger partial charge in [-0.15, -0.1) is 0 Å². The largest absolute Gasteiger partial charge is 0.462 e. The maximum atomic E-state index is 12.0. The molecule has 3 aromatic rings. The second-order valence-corrected chi connectivity index (χ2v) is 14.6. The third-order valence-corrected chi connectivity index (χ3v) is 11.6. The van der Waals surface area contributed by atoms with Crippen molar-refractivity contribution >= 4 is 30.3 Å². The highest BCUT2D eigenvalue weighted by atomic mass is 28.4. The van der Waals surface area contributed by atoms with E-state index in [2.05, 4.69) is 93.7 Å². The zero-order valence-electron chi connectivity index (χ0n) is 22.4. The minimum absolute atomic E-state index is 0.0632. The standard InChI is InChI=1S/C31H41NO3Si/c1-6-8-15-27(32-26-22-20-25(21-23-26)30(33)34-7-2)24-35-36(31(3,4)5,28-16-11-9-12-17-28)29-18-13-10-14-19-29/h9-14,16-23,27,32H,6-8,15,24H2,1-5H3/t27-/m0/s1. The van der Waals surface area contributed by atoms with Crippen LogP contribution in [-0.2, 0) is 9.16 Å². The second-order valence-electron chi connectivity index (χ2n) is 10.3. The molecule has 4 nitrogen and oxygen atoms in total. The van der Waals surface area contributed by atoms with Crippen LogP contribution in [0.15, 0.2) is 84.9 Å². The number of unbranched alkanes of at least 4 members (excludes halogenated alkanes) is 1. The Labute approximate surface area is 218 Å². The molecule has 0 bridgehead atoms. The molecule has 36 heavy (non-hydrogen) atoms. The molecule has 5 heteroatoms. The van der Waals surface area contributed by atoms with Crippen LogP contribution in [-0.4, -0.2) is 33.5 Å². The van der Waals surface area contributed by atoms with Crippen molar-refractivity contribution in [3.8, 4) is 0 Å². The lowest BCUT2D eigenvalue weighted by Gasteiger charge is -2.43. The molecule has 1 atom stereocenters. The Morgan fingerprint density at radius 1 is 0.861 bits per heavy atom. The van der Waals surface area contributed by atoms with Gasteiger partial charge >= 0.3 is 5.97 Å². The zero-order chi connectivity index (χ0) is 26.0. The van der Waals surface area contributed by atoms with Crippen LogP contribution in [0, 0.1) is 0 Å². The van der Waals surface area contributed by atoms with E-state index in [4.69, 9.17) is 9.16 Å². The molecule has 0 aliphatic carbocycles. The molecule has 0 saturated heterocycles. The highest BCUT2D eigenvalue weighted by Crippen LogP contribution is 2.37. The van der Waals surface area contributed by atoms with Gasteiger partial charge in [0.1, 0.15) is 0 Å². The average molecular weight is 504 g/mol. The van der Waals surface area contributed by atoms with Crippen LogP contribution >= 0.6 is 0 Å². The molecule has 0 fully saturated rings. The van der Waals surface area contributed by atoms with Gasteiger partial charge in [0.15, 0.2) is 0 Å². The SMILES string of the molecule is CCCC[C@@H](CO[Si](c1ccccc1)(c1ccccc1)C(C)(C)C)Nc1ccc(C(=O)OCC)cc1. The maximum absolute atomic E-state index is 12.0. The fraction of sp³-hybridized carbons (Fsp3) is 0.387. The molecule has 0 saturated carbocycles. The monoisotopic (exact) mass is 503 g/mol. The Kier molecular flexibility index (Phi) is 9.91. The fourth-order valence-corrected chi connectivity index (χ4v) is 9.39. The Hall–Kier alpha value is -2.89. The number of carbonyl (C=O) groups is 1. The van der Waals surface area contributed by atoms with Gasteiger partial charge in [-0.2, -0.15) is 0 Å². The first-order chi connectivity index (χ1) is 17.3. The van der Waals surface area contributed by atoms with Crippen LogP contribution in [0.2, 0.25) is 5.04 Å². The normalized spacial score (nSPS) is 12.7. The Balaban J connectivity index is 1.90. The van der Waals surface area contributed by atoms with E-state index in [0.717, 1.165) is 24.9 Å². The van der Waals surface area contributed by atoms with Gasteiger partial charge < -0.3 is 14.5 Å². The molecular weight excluding hydrogens is 462 g/mol. The highest BCUT2D eigenvalue weighted by molar-refractivity contribution is 6.99. The number of carbonyl (C=O) groups excluding carboxylic acids is 1. The second kappa shape index (κ2) is 12.9. The Bertz CT molecular complexity index is 1020. The van der Waals surface area contributed by atoms with Crippen molar-refractivity contribution in [2.75, 3.05) is 18.5 Å². The molecule has 0 heterocycles. The molecule has 3 aromatic carbocycles. The maximum Gasteiger partial charge on any atom is 0.338 e. The minimum Gasteiger partial charge on any atom is -0.462 e. The van der Waals surface area contributed by atoms with Crippen molar-refractivity contribution in [2.45, 2.75) is 65.0 Å². The molecule has 0 aliphatic heterocycles. The van der Waals surface area contributed by atoms with E-state index >= 15 is 0 Å². The number of hydrogen-bond donors (Lipinski definition) is 1. The van der Waals surface area contributed by atoms with Crippen LogP contribution in [0.3, 0.4) is 0 Å². The summed E-state index contributed by atoms with van der Waals surface area (Å²) in [6.07, 6.45) is 3.25. The molecule has 0 aromatic heterocycles. The van der Waals surface area contributed by atoms with E-state index in [1.165, 1.54) is 10.4 Å². The lowest BCUT2D eigenvalue weighted by Crippen LogP contribution is -2.67. The first-order valence-corrected chi connectivity index (χ1v) is 15.0. The summed E-state index contributed by atoms with van der Waals surface area (Å²) >= 11 is 0. The quantitative estimate of drug-likeness (QED) is 0.229. The number of anilines is 1. The molecule has 192 valence electrons. The van der Waals surface area contributed by atoms with Gasteiger partial charge in [-0.25, -0.2) is 4.79 Å². The van der Waals surface area contributed by atoms with Crippen LogP contribution < -0.4 is 15.7 Å². The van der Waals surface area contributed by atoms with Gasteiger partial charge in [-0.1, -0.05) is 101 Å². The number of rotatable bonds is 12. The van der Waals surface area contributed by atoms with Gasteiger partial charge in [-0.05, 0) is 53.0 Å². The molecule has 3 rings (SSSR count). The van der Waals surface area contributed by atoms with Crippen molar-refractivity contribution in [1.82, 2.24) is 0 Å². The lowest BCUT2D eigenvalue weighted by atomic mass is 10.1. The van der Waals surface area contributed by atoms with Crippen LogP contribution in [0.4, 0.5) is 5.69 Å². The molecule has 0 spiro atoms. The number of esters is 1. The predicted octanol–water partition coefficient (Wildman–Crippen LogP) is 6.41. The predicted molar refractivity (Wildman–Crippen MR) is 153 cm³/mol. The summed E-state index contributed by atoms with van der Waals surface area (Å²) in [5.41, 5.74) is 1.55. The van der Waals surface area contributed by atoms with E-state index < -0.39 is 8.32 Å². The molecule has 1 N–H and O–H groups in total. The molecule has 0 radical (unpaired) electrons. The summed E-state index contributed by atoms with van der Waals surface area (Å²) in [4.78, 5) is 12.0. The smallest absolute Gasteiger partial charge is 0.338 e. The van der Waals surface area contributed by atoms with Gasteiger partial charge in [0, 0.05) is 11.7 Å². The summed E-state index contributed by atoms with van der Waals surface area (Å²) in [6, 6.07) is 29.2. The van der Waals surface area contributed by atoms with Crippen molar-refractivity contribution < 1.29 is 14.0 Å². The molecule has 0 amide bonds. The number of ether oxygens (including phenoxy) is 1. The summed E-state index contributed by atoms with van der Waals surface area (Å²) in [7, 11) is -2.60. The first kappa shape index (κ1) is 27.7. The first-order valence-electron chi connectivity index (χ1n) is 13.1. The topological polar surface area (TPSA) is 47.6 Å². The van der Waals surface area contributed by atoms with Gasteiger partial charge in [-0.3, -0.25) is 0 Å². The van der Waals surface area contributed by atoms with Gasteiger partial charge in [0.2, 0.25) is 0 Å². The van der Waals surface area contributed by atoms with Crippen molar-refractivity contribution in [3.63, 3.8) is 0 Å². The van der Waals surface area contributed by atoms with E-state index in [1.54, 1.807) is 0 Å². The summed E-state index contributed by atoms with van der Waals surface area (Å²) in [5.74, 6) is -0.290. The Morgan fingerprint density at radius 2 is 1.42 bits per heavy atom. The number of hydrogen-bond acceptors (Lipinski definition) is 4. The third kappa shape index (κ3) is 6.65. The van der Waals surface area contributed by atoms with Crippen molar-refractivity contribution in [3.05, 3.63) is 90.5 Å². The number of benzene rings is 3. The van der Waals surface area contributed by atoms with E-state index in [9.17, 15) is 4.79 Å². The highest BCUT2D eigenvalue weighted by Gasteiger charge is 2.50.